The lowest BCUT2D eigenvalue weighted by Gasteiger charge is -2.32. The minimum absolute atomic E-state index is 0.0710. The van der Waals surface area contributed by atoms with Gasteiger partial charge in [-0.3, -0.25) is 9.48 Å². The monoisotopic (exact) mass is 334 g/mol. The molecule has 1 saturated heterocycles. The van der Waals surface area contributed by atoms with E-state index in [1.165, 1.54) is 22.6 Å². The Bertz CT molecular complexity index is 628. The summed E-state index contributed by atoms with van der Waals surface area (Å²) in [5.41, 5.74) is 5.66. The van der Waals surface area contributed by atoms with Crippen molar-refractivity contribution in [1.29, 1.82) is 0 Å². The first-order chi connectivity index (χ1) is 9.87. The SMILES string of the molecule is CCOC(=O)C1CSCCN1S(=O)(=O)c1cn(C)nc1N. The maximum absolute atomic E-state index is 12.7. The zero-order valence-corrected chi connectivity index (χ0v) is 13.5. The largest absolute Gasteiger partial charge is 0.465 e. The number of thioether (sulfide) groups is 1. The van der Waals surface area contributed by atoms with Crippen LogP contribution in [0.5, 0.6) is 0 Å². The van der Waals surface area contributed by atoms with Crippen LogP contribution in [0.1, 0.15) is 6.92 Å². The van der Waals surface area contributed by atoms with Gasteiger partial charge in [-0.05, 0) is 6.92 Å². The van der Waals surface area contributed by atoms with E-state index in [1.807, 2.05) is 0 Å². The molecule has 1 aromatic heterocycles. The Hall–Kier alpha value is -1.26. The van der Waals surface area contributed by atoms with Gasteiger partial charge in [0.25, 0.3) is 0 Å². The van der Waals surface area contributed by atoms with Gasteiger partial charge in [-0.1, -0.05) is 0 Å². The number of nitrogens with two attached hydrogens (primary N) is 1. The average molecular weight is 334 g/mol. The van der Waals surface area contributed by atoms with Crippen LogP contribution in [0.2, 0.25) is 0 Å². The number of anilines is 1. The van der Waals surface area contributed by atoms with Crippen LogP contribution in [-0.4, -0.2) is 59.2 Å². The molecule has 118 valence electrons. The first-order valence-electron chi connectivity index (χ1n) is 6.43. The summed E-state index contributed by atoms with van der Waals surface area (Å²) in [7, 11) is -2.29. The molecule has 1 aromatic rings. The first-order valence-corrected chi connectivity index (χ1v) is 9.02. The van der Waals surface area contributed by atoms with Crippen LogP contribution in [0.4, 0.5) is 5.82 Å². The highest BCUT2D eigenvalue weighted by Gasteiger charge is 2.40. The first kappa shape index (κ1) is 16.1. The number of hydrogen-bond acceptors (Lipinski definition) is 7. The molecule has 2 rings (SSSR count). The van der Waals surface area contributed by atoms with Gasteiger partial charge < -0.3 is 10.5 Å². The van der Waals surface area contributed by atoms with Gasteiger partial charge in [0.05, 0.1) is 6.61 Å². The molecule has 2 heterocycles. The van der Waals surface area contributed by atoms with Crippen LogP contribution in [0.25, 0.3) is 0 Å². The lowest BCUT2D eigenvalue weighted by molar-refractivity contribution is -0.146. The highest BCUT2D eigenvalue weighted by Crippen LogP contribution is 2.27. The van der Waals surface area contributed by atoms with Crippen LogP contribution < -0.4 is 5.73 Å². The number of aromatic nitrogens is 2. The lowest BCUT2D eigenvalue weighted by atomic mass is 10.3. The maximum Gasteiger partial charge on any atom is 0.325 e. The molecule has 1 fully saturated rings. The van der Waals surface area contributed by atoms with E-state index in [-0.39, 0.29) is 23.9 Å². The second-order valence-corrected chi connectivity index (χ2v) is 7.52. The van der Waals surface area contributed by atoms with E-state index in [9.17, 15) is 13.2 Å². The minimum atomic E-state index is -3.87. The molecule has 10 heteroatoms. The van der Waals surface area contributed by atoms with Crippen LogP contribution in [-0.2, 0) is 26.6 Å². The van der Waals surface area contributed by atoms with E-state index >= 15 is 0 Å². The van der Waals surface area contributed by atoms with E-state index in [2.05, 4.69) is 5.10 Å². The van der Waals surface area contributed by atoms with Crippen LogP contribution >= 0.6 is 11.8 Å². The van der Waals surface area contributed by atoms with Gasteiger partial charge in [-0.15, -0.1) is 0 Å². The van der Waals surface area contributed by atoms with E-state index in [1.54, 1.807) is 14.0 Å². The van der Waals surface area contributed by atoms with E-state index < -0.39 is 22.0 Å². The average Bonchev–Trinajstić information content (AvgIpc) is 2.79. The second kappa shape index (κ2) is 6.24. The topological polar surface area (TPSA) is 108 Å². The minimum Gasteiger partial charge on any atom is -0.465 e. The van der Waals surface area contributed by atoms with Crippen molar-refractivity contribution in [1.82, 2.24) is 14.1 Å². The van der Waals surface area contributed by atoms with Crippen molar-refractivity contribution in [2.75, 3.05) is 30.4 Å². The number of esters is 1. The van der Waals surface area contributed by atoms with Gasteiger partial charge in [0.15, 0.2) is 5.82 Å². The van der Waals surface area contributed by atoms with Crippen LogP contribution in [0, 0.1) is 0 Å². The van der Waals surface area contributed by atoms with Crippen LogP contribution in [0.3, 0.4) is 0 Å². The van der Waals surface area contributed by atoms with E-state index in [0.29, 0.717) is 11.5 Å². The second-order valence-electron chi connectivity index (χ2n) is 4.51. The fourth-order valence-corrected chi connectivity index (χ4v) is 5.02. The van der Waals surface area contributed by atoms with Crippen LogP contribution in [0.15, 0.2) is 11.1 Å². The number of ether oxygens (including phenoxy) is 1. The van der Waals surface area contributed by atoms with Crippen molar-refractivity contribution in [3.8, 4) is 0 Å². The molecule has 1 aliphatic rings. The summed E-state index contributed by atoms with van der Waals surface area (Å²) < 4.78 is 32.9. The zero-order chi connectivity index (χ0) is 15.6. The smallest absolute Gasteiger partial charge is 0.325 e. The van der Waals surface area contributed by atoms with Gasteiger partial charge >= 0.3 is 5.97 Å². The summed E-state index contributed by atoms with van der Waals surface area (Å²) in [4.78, 5) is 11.9. The van der Waals surface area contributed by atoms with Gasteiger partial charge in [0, 0.05) is 31.3 Å². The van der Waals surface area contributed by atoms with Gasteiger partial charge in [0.1, 0.15) is 10.9 Å². The van der Waals surface area contributed by atoms with E-state index in [4.69, 9.17) is 10.5 Å². The fraction of sp³-hybridized carbons (Fsp3) is 0.636. The molecule has 0 amide bonds. The summed E-state index contributed by atoms with van der Waals surface area (Å²) in [6.45, 7) is 2.14. The Morgan fingerprint density at radius 3 is 2.90 bits per heavy atom. The van der Waals surface area contributed by atoms with Crippen molar-refractivity contribution in [2.45, 2.75) is 17.9 Å². The summed E-state index contributed by atoms with van der Waals surface area (Å²) in [5, 5.41) is 3.85. The number of carbonyl (C=O) groups excluding carboxylic acids is 1. The number of hydrogen-bond donors (Lipinski definition) is 1. The molecule has 0 aliphatic carbocycles. The molecule has 1 unspecified atom stereocenters. The van der Waals surface area contributed by atoms with Crippen molar-refractivity contribution in [2.24, 2.45) is 7.05 Å². The molecule has 21 heavy (non-hydrogen) atoms. The molecule has 0 radical (unpaired) electrons. The molecule has 8 nitrogen and oxygen atoms in total. The maximum atomic E-state index is 12.7. The lowest BCUT2D eigenvalue weighted by Crippen LogP contribution is -2.50. The highest BCUT2D eigenvalue weighted by atomic mass is 32.2. The van der Waals surface area contributed by atoms with Gasteiger partial charge in [-0.25, -0.2) is 8.42 Å². The molecule has 1 aliphatic heterocycles. The third-order valence-corrected chi connectivity index (χ3v) is 5.99. The summed E-state index contributed by atoms with van der Waals surface area (Å²) in [6.07, 6.45) is 1.34. The Kier molecular flexibility index (Phi) is 4.79. The molecule has 0 saturated carbocycles. The number of nitrogens with zero attached hydrogens (tertiary/aromatic N) is 3. The molecule has 2 N–H and O–H groups in total. The molecule has 0 aromatic carbocycles. The molecule has 0 bridgehead atoms. The third kappa shape index (κ3) is 3.16. The fourth-order valence-electron chi connectivity index (χ4n) is 2.11. The zero-order valence-electron chi connectivity index (χ0n) is 11.9. The molecular weight excluding hydrogens is 316 g/mol. The Labute approximate surface area is 127 Å². The van der Waals surface area contributed by atoms with Crippen molar-refractivity contribution < 1.29 is 17.9 Å². The van der Waals surface area contributed by atoms with Crippen molar-refractivity contribution in [3.05, 3.63) is 6.20 Å². The number of carbonyl (C=O) groups is 1. The Balaban J connectivity index is 2.36. The number of sulfonamides is 1. The van der Waals surface area contributed by atoms with E-state index in [0.717, 1.165) is 4.31 Å². The normalized spacial score (nSPS) is 20.4. The summed E-state index contributed by atoms with van der Waals surface area (Å²) in [6, 6.07) is -0.826. The number of nitrogen functional groups attached to an aromatic ring is 1. The van der Waals surface area contributed by atoms with Crippen molar-refractivity contribution >= 4 is 33.6 Å². The molecule has 1 atom stereocenters. The summed E-state index contributed by atoms with van der Waals surface area (Å²) >= 11 is 1.52. The number of aryl methyl sites for hydroxylation is 1. The van der Waals surface area contributed by atoms with Gasteiger partial charge in [0.2, 0.25) is 10.0 Å². The predicted molar refractivity (Wildman–Crippen MR) is 79.3 cm³/mol. The predicted octanol–water partition coefficient (Wildman–Crippen LogP) is -0.328. The standard InChI is InChI=1S/C11H18N4O4S2/c1-3-19-11(16)8-7-20-5-4-15(8)21(17,18)9-6-14(2)13-10(9)12/h6,8H,3-5,7H2,1-2H3,(H2,12,13). The van der Waals surface area contributed by atoms with Crippen molar-refractivity contribution in [3.63, 3.8) is 0 Å². The third-order valence-electron chi connectivity index (χ3n) is 3.05. The summed E-state index contributed by atoms with van der Waals surface area (Å²) in [5.74, 6) is 0.391. The molecule has 0 spiro atoms. The Morgan fingerprint density at radius 1 is 1.62 bits per heavy atom. The quantitative estimate of drug-likeness (QED) is 0.751. The molecular formula is C11H18N4O4S2. The highest BCUT2D eigenvalue weighted by molar-refractivity contribution is 7.99. The Morgan fingerprint density at radius 2 is 2.33 bits per heavy atom. The van der Waals surface area contributed by atoms with Gasteiger partial charge in [-0.2, -0.15) is 21.2 Å². The number of rotatable bonds is 4.